The third-order valence-corrected chi connectivity index (χ3v) is 5.20. The Morgan fingerprint density at radius 3 is 1.71 bits per heavy atom. The summed E-state index contributed by atoms with van der Waals surface area (Å²) in [5.41, 5.74) is 4.04. The fourth-order valence-electron chi connectivity index (χ4n) is 3.42. The van der Waals surface area contributed by atoms with Gasteiger partial charge in [0.1, 0.15) is 0 Å². The number of fused-ring (bicyclic) bond motifs is 1. The van der Waals surface area contributed by atoms with Crippen LogP contribution in [0, 0.1) is 0 Å². The Kier molecular flexibility index (Phi) is 3.45. The first-order valence-corrected chi connectivity index (χ1v) is 8.12. The van der Waals surface area contributed by atoms with Crippen LogP contribution in [0.1, 0.15) is 38.8 Å². The van der Waals surface area contributed by atoms with E-state index in [9.17, 15) is 0 Å². The van der Waals surface area contributed by atoms with Crippen LogP contribution in [0.5, 0.6) is 0 Å². The number of rotatable bonds is 2. The molecule has 2 aromatic rings. The second-order valence-corrected chi connectivity index (χ2v) is 7.48. The summed E-state index contributed by atoms with van der Waals surface area (Å²) in [4.78, 5) is 1.19. The number of benzene rings is 2. The van der Waals surface area contributed by atoms with Gasteiger partial charge in [0.15, 0.2) is 0 Å². The minimum atomic E-state index is -0.0120. The Balaban J connectivity index is 2.03. The molecule has 0 atom stereocenters. The van der Waals surface area contributed by atoms with Crippen molar-refractivity contribution in [3.63, 3.8) is 0 Å². The summed E-state index contributed by atoms with van der Waals surface area (Å²) in [6.45, 7) is 9.13. The topological polar surface area (TPSA) is 12.4 Å². The van der Waals surface area contributed by atoms with Gasteiger partial charge in [0.2, 0.25) is 0 Å². The smallest absolute Gasteiger partial charge is 0.0466 e. The Bertz CT molecular complexity index is 647. The zero-order chi connectivity index (χ0) is 15.1. The zero-order valence-corrected chi connectivity index (χ0v) is 13.9. The predicted molar refractivity (Wildman–Crippen MR) is 92.2 cm³/mol. The summed E-state index contributed by atoms with van der Waals surface area (Å²) < 4.78 is 4.95. The van der Waals surface area contributed by atoms with Crippen molar-refractivity contribution in [2.75, 3.05) is 0 Å². The zero-order valence-electron chi connectivity index (χ0n) is 13.1. The molecule has 0 saturated carbocycles. The molecular weight excluding hydrogens is 274 g/mol. The number of hydrogen-bond acceptors (Lipinski definition) is 2. The Hall–Kier alpha value is -1.54. The van der Waals surface area contributed by atoms with Gasteiger partial charge in [0, 0.05) is 33.4 Å². The van der Waals surface area contributed by atoms with E-state index in [4.69, 9.17) is 4.40 Å². The van der Waals surface area contributed by atoms with Gasteiger partial charge in [0.05, 0.1) is 0 Å². The van der Waals surface area contributed by atoms with E-state index in [2.05, 4.69) is 76.2 Å². The minimum absolute atomic E-state index is 0.0120. The van der Waals surface area contributed by atoms with Gasteiger partial charge >= 0.3 is 0 Å². The molecule has 0 N–H and O–H groups in total. The van der Waals surface area contributed by atoms with Crippen molar-refractivity contribution in [3.05, 3.63) is 65.7 Å². The van der Waals surface area contributed by atoms with Crippen molar-refractivity contribution in [2.45, 2.75) is 43.4 Å². The number of hydrogen-bond donors (Lipinski definition) is 0. The van der Waals surface area contributed by atoms with Crippen LogP contribution in [0.15, 0.2) is 63.9 Å². The Labute approximate surface area is 131 Å². The fourth-order valence-corrected chi connectivity index (χ4v) is 4.35. The number of nitrogens with zero attached hydrogens (tertiary/aromatic N) is 1. The molecule has 1 aliphatic carbocycles. The van der Waals surface area contributed by atoms with Crippen molar-refractivity contribution in [2.24, 2.45) is 4.40 Å². The molecule has 0 spiro atoms. The van der Waals surface area contributed by atoms with E-state index in [-0.39, 0.29) is 10.8 Å². The Morgan fingerprint density at radius 2 is 1.19 bits per heavy atom. The molecule has 3 rings (SSSR count). The molecule has 0 aliphatic heterocycles. The third-order valence-electron chi connectivity index (χ3n) is 4.44. The highest BCUT2D eigenvalue weighted by atomic mass is 32.2. The molecule has 1 nitrogen and oxygen atoms in total. The average molecular weight is 295 g/mol. The van der Waals surface area contributed by atoms with Gasteiger partial charge in [0.25, 0.3) is 0 Å². The molecule has 108 valence electrons. The van der Waals surface area contributed by atoms with E-state index in [0.717, 1.165) is 0 Å². The van der Waals surface area contributed by atoms with Crippen LogP contribution in [0.25, 0.3) is 0 Å². The van der Waals surface area contributed by atoms with Crippen LogP contribution in [0.3, 0.4) is 0 Å². The maximum atomic E-state index is 4.95. The molecule has 0 fully saturated rings. The molecule has 21 heavy (non-hydrogen) atoms. The first kappa shape index (κ1) is 14.4. The largest absolute Gasteiger partial charge is 0.219 e. The van der Waals surface area contributed by atoms with Crippen molar-refractivity contribution >= 4 is 17.7 Å². The lowest BCUT2D eigenvalue weighted by Gasteiger charge is -2.26. The van der Waals surface area contributed by atoms with Gasteiger partial charge in [-0.15, -0.1) is 0 Å². The highest BCUT2D eigenvalue weighted by molar-refractivity contribution is 7.98. The van der Waals surface area contributed by atoms with E-state index in [1.165, 1.54) is 21.7 Å². The lowest BCUT2D eigenvalue weighted by Crippen LogP contribution is -2.33. The SMILES string of the molecule is CC1(C)C(=NSc2ccccc2)C(C)(C)c2ccccc21. The molecule has 0 amide bonds. The van der Waals surface area contributed by atoms with E-state index >= 15 is 0 Å². The molecule has 2 heteroatoms. The molecule has 0 heterocycles. The van der Waals surface area contributed by atoms with Crippen molar-refractivity contribution in [1.29, 1.82) is 0 Å². The van der Waals surface area contributed by atoms with Crippen LogP contribution < -0.4 is 0 Å². The molecule has 1 aliphatic rings. The van der Waals surface area contributed by atoms with Crippen LogP contribution >= 0.6 is 11.9 Å². The summed E-state index contributed by atoms with van der Waals surface area (Å²) in [5.74, 6) is 0. The predicted octanol–water partition coefficient (Wildman–Crippen LogP) is 5.40. The second-order valence-electron chi connectivity index (χ2n) is 6.64. The van der Waals surface area contributed by atoms with Crippen molar-refractivity contribution < 1.29 is 0 Å². The van der Waals surface area contributed by atoms with Gasteiger partial charge in [-0.25, -0.2) is 4.40 Å². The summed E-state index contributed by atoms with van der Waals surface area (Å²) in [6.07, 6.45) is 0. The maximum absolute atomic E-state index is 4.95. The average Bonchev–Trinajstić information content (AvgIpc) is 2.62. The molecular formula is C19H21NS. The molecule has 0 saturated heterocycles. The molecule has 0 unspecified atom stereocenters. The van der Waals surface area contributed by atoms with Crippen molar-refractivity contribution in [3.8, 4) is 0 Å². The highest BCUT2D eigenvalue weighted by Gasteiger charge is 2.48. The summed E-state index contributed by atoms with van der Waals surface area (Å²) in [5, 5.41) is 0. The fraction of sp³-hybridized carbons (Fsp3) is 0.316. The highest BCUT2D eigenvalue weighted by Crippen LogP contribution is 2.48. The quantitative estimate of drug-likeness (QED) is 0.675. The molecule has 0 radical (unpaired) electrons. The lowest BCUT2D eigenvalue weighted by molar-refractivity contribution is 0.684. The van der Waals surface area contributed by atoms with Gasteiger partial charge in [-0.3, -0.25) is 0 Å². The van der Waals surface area contributed by atoms with Crippen molar-refractivity contribution in [1.82, 2.24) is 0 Å². The first-order chi connectivity index (χ1) is 9.94. The van der Waals surface area contributed by atoms with Gasteiger partial charge in [-0.1, -0.05) is 70.2 Å². The molecule has 0 aromatic heterocycles. The third kappa shape index (κ3) is 2.32. The van der Waals surface area contributed by atoms with E-state index in [1.807, 2.05) is 6.07 Å². The Morgan fingerprint density at radius 1 is 0.714 bits per heavy atom. The van der Waals surface area contributed by atoms with Crippen LogP contribution in [0.2, 0.25) is 0 Å². The normalized spacial score (nSPS) is 18.4. The van der Waals surface area contributed by atoms with Crippen LogP contribution in [-0.2, 0) is 10.8 Å². The van der Waals surface area contributed by atoms with E-state index in [1.54, 1.807) is 11.9 Å². The summed E-state index contributed by atoms with van der Waals surface area (Å²) in [7, 11) is 0. The summed E-state index contributed by atoms with van der Waals surface area (Å²) >= 11 is 1.58. The van der Waals surface area contributed by atoms with Crippen LogP contribution in [0.4, 0.5) is 0 Å². The second kappa shape index (κ2) is 5.03. The van der Waals surface area contributed by atoms with E-state index in [0.29, 0.717) is 0 Å². The minimum Gasteiger partial charge on any atom is -0.219 e. The maximum Gasteiger partial charge on any atom is 0.0466 e. The molecule has 0 bridgehead atoms. The monoisotopic (exact) mass is 295 g/mol. The van der Waals surface area contributed by atoms with Gasteiger partial charge in [-0.05, 0) is 23.3 Å². The summed E-state index contributed by atoms with van der Waals surface area (Å²) in [6, 6.07) is 19.1. The van der Waals surface area contributed by atoms with Crippen LogP contribution in [-0.4, -0.2) is 5.71 Å². The van der Waals surface area contributed by atoms with Gasteiger partial charge in [-0.2, -0.15) is 0 Å². The van der Waals surface area contributed by atoms with Gasteiger partial charge < -0.3 is 0 Å². The standard InChI is InChI=1S/C19H21NS/c1-18(2)15-12-8-9-13-16(15)19(3,4)17(18)20-21-14-10-6-5-7-11-14/h5-13H,1-4H3. The first-order valence-electron chi connectivity index (χ1n) is 7.35. The molecule has 2 aromatic carbocycles. The lowest BCUT2D eigenvalue weighted by atomic mass is 9.79. The van der Waals surface area contributed by atoms with E-state index < -0.39 is 0 Å².